The summed E-state index contributed by atoms with van der Waals surface area (Å²) < 4.78 is 0. The molecule has 0 saturated heterocycles. The Morgan fingerprint density at radius 2 is 1.23 bits per heavy atom. The first-order valence-electron chi connectivity index (χ1n) is 3.18. The molecular formula is C8H6NaO4+. The van der Waals surface area contributed by atoms with Crippen molar-refractivity contribution in [2.24, 2.45) is 0 Å². The predicted molar refractivity (Wildman–Crippen MR) is 40.4 cm³/mol. The summed E-state index contributed by atoms with van der Waals surface area (Å²) >= 11 is 0. The topological polar surface area (TPSA) is 74.6 Å². The van der Waals surface area contributed by atoms with E-state index in [1.165, 1.54) is 24.3 Å². The van der Waals surface area contributed by atoms with Crippen LogP contribution in [-0.4, -0.2) is 22.2 Å². The fourth-order valence-electron chi connectivity index (χ4n) is 0.856. The average Bonchev–Trinajstić information content (AvgIpc) is 2.04. The van der Waals surface area contributed by atoms with Crippen LogP contribution in [0.4, 0.5) is 0 Å². The summed E-state index contributed by atoms with van der Waals surface area (Å²) in [6.07, 6.45) is 0. The van der Waals surface area contributed by atoms with Crippen molar-refractivity contribution in [2.75, 3.05) is 0 Å². The minimum absolute atomic E-state index is 0. The van der Waals surface area contributed by atoms with E-state index in [0.717, 1.165) is 0 Å². The standard InChI is InChI=1S/C8H6O4.Na/c9-7(10)5-3-1-2-4-6(5)8(11)12;/h1-4H,(H,9,10)(H,11,12);/q;+1. The summed E-state index contributed by atoms with van der Waals surface area (Å²) in [4.78, 5) is 20.9. The SMILES string of the molecule is O=C(O)c1ccccc1C(=O)O.[Na+]. The molecule has 0 atom stereocenters. The van der Waals surface area contributed by atoms with Gasteiger partial charge in [0.15, 0.2) is 0 Å². The fraction of sp³-hybridized carbons (Fsp3) is 0. The molecule has 1 aromatic rings. The number of carboxylic acids is 2. The van der Waals surface area contributed by atoms with Crippen LogP contribution in [0.1, 0.15) is 20.7 Å². The van der Waals surface area contributed by atoms with Crippen LogP contribution in [0, 0.1) is 0 Å². The maximum absolute atomic E-state index is 10.5. The van der Waals surface area contributed by atoms with Crippen molar-refractivity contribution >= 4 is 11.9 Å². The number of rotatable bonds is 2. The molecule has 0 unspecified atom stereocenters. The summed E-state index contributed by atoms with van der Waals surface area (Å²) in [5.41, 5.74) is -0.380. The molecule has 0 bridgehead atoms. The molecule has 0 aliphatic heterocycles. The van der Waals surface area contributed by atoms with Gasteiger partial charge in [-0.3, -0.25) is 0 Å². The molecule has 0 saturated carbocycles. The molecule has 62 valence electrons. The van der Waals surface area contributed by atoms with E-state index >= 15 is 0 Å². The van der Waals surface area contributed by atoms with Gasteiger partial charge in [-0.25, -0.2) is 9.59 Å². The molecule has 1 rings (SSSR count). The minimum Gasteiger partial charge on any atom is -0.478 e. The zero-order valence-corrected chi connectivity index (χ0v) is 9.02. The van der Waals surface area contributed by atoms with Crippen LogP contribution in [0.5, 0.6) is 0 Å². The summed E-state index contributed by atoms with van der Waals surface area (Å²) in [6, 6.07) is 5.48. The van der Waals surface area contributed by atoms with Crippen LogP contribution in [0.25, 0.3) is 0 Å². The van der Waals surface area contributed by atoms with Crippen LogP contribution in [0.2, 0.25) is 0 Å². The Morgan fingerprint density at radius 1 is 0.923 bits per heavy atom. The number of benzene rings is 1. The van der Waals surface area contributed by atoms with Crippen molar-refractivity contribution in [1.29, 1.82) is 0 Å². The molecule has 0 heterocycles. The second-order valence-electron chi connectivity index (χ2n) is 2.16. The molecular weight excluding hydrogens is 183 g/mol. The monoisotopic (exact) mass is 189 g/mol. The van der Waals surface area contributed by atoms with E-state index < -0.39 is 11.9 Å². The third-order valence-electron chi connectivity index (χ3n) is 1.39. The van der Waals surface area contributed by atoms with Gasteiger partial charge in [0.1, 0.15) is 0 Å². The number of aromatic carboxylic acids is 2. The molecule has 4 nitrogen and oxygen atoms in total. The van der Waals surface area contributed by atoms with Gasteiger partial charge in [0.2, 0.25) is 0 Å². The van der Waals surface area contributed by atoms with Gasteiger partial charge < -0.3 is 10.2 Å². The number of carbonyl (C=O) groups is 2. The van der Waals surface area contributed by atoms with Crippen molar-refractivity contribution < 1.29 is 49.4 Å². The van der Waals surface area contributed by atoms with Crippen molar-refractivity contribution in [3.8, 4) is 0 Å². The van der Waals surface area contributed by atoms with E-state index in [0.29, 0.717) is 0 Å². The Bertz CT molecular complexity index is 302. The maximum atomic E-state index is 10.5. The first-order chi connectivity index (χ1) is 5.63. The third kappa shape index (κ3) is 2.84. The summed E-state index contributed by atoms with van der Waals surface area (Å²) in [7, 11) is 0. The quantitative estimate of drug-likeness (QED) is 0.532. The molecule has 0 spiro atoms. The van der Waals surface area contributed by atoms with E-state index in [2.05, 4.69) is 0 Å². The van der Waals surface area contributed by atoms with Crippen LogP contribution >= 0.6 is 0 Å². The largest absolute Gasteiger partial charge is 1.00 e. The Kier molecular flexibility index (Phi) is 4.69. The average molecular weight is 189 g/mol. The van der Waals surface area contributed by atoms with Crippen LogP contribution in [0.15, 0.2) is 24.3 Å². The van der Waals surface area contributed by atoms with Gasteiger partial charge in [-0.15, -0.1) is 0 Å². The van der Waals surface area contributed by atoms with Crippen LogP contribution in [-0.2, 0) is 0 Å². The van der Waals surface area contributed by atoms with Crippen LogP contribution < -0.4 is 29.6 Å². The second kappa shape index (κ2) is 5.01. The first kappa shape index (κ1) is 12.2. The molecule has 13 heavy (non-hydrogen) atoms. The van der Waals surface area contributed by atoms with Crippen molar-refractivity contribution in [2.45, 2.75) is 0 Å². The van der Waals surface area contributed by atoms with E-state index in [-0.39, 0.29) is 40.7 Å². The van der Waals surface area contributed by atoms with E-state index in [1.54, 1.807) is 0 Å². The van der Waals surface area contributed by atoms with Gasteiger partial charge in [0.05, 0.1) is 11.1 Å². The van der Waals surface area contributed by atoms with Crippen LogP contribution in [0.3, 0.4) is 0 Å². The smallest absolute Gasteiger partial charge is 0.478 e. The molecule has 0 radical (unpaired) electrons. The molecule has 0 aliphatic carbocycles. The number of hydrogen-bond acceptors (Lipinski definition) is 2. The van der Waals surface area contributed by atoms with Crippen molar-refractivity contribution in [3.05, 3.63) is 35.4 Å². The zero-order chi connectivity index (χ0) is 9.14. The predicted octanol–water partition coefficient (Wildman–Crippen LogP) is -1.91. The first-order valence-corrected chi connectivity index (χ1v) is 3.18. The molecule has 0 aliphatic rings. The van der Waals surface area contributed by atoms with Gasteiger partial charge in [0.25, 0.3) is 0 Å². The summed E-state index contributed by atoms with van der Waals surface area (Å²) in [5.74, 6) is -2.46. The van der Waals surface area contributed by atoms with E-state index in [1.807, 2.05) is 0 Å². The summed E-state index contributed by atoms with van der Waals surface area (Å²) in [6.45, 7) is 0. The Hall–Kier alpha value is -0.840. The number of hydrogen-bond donors (Lipinski definition) is 2. The van der Waals surface area contributed by atoms with Gasteiger partial charge in [-0.05, 0) is 12.1 Å². The molecule has 1 aromatic carbocycles. The van der Waals surface area contributed by atoms with Gasteiger partial charge in [-0.2, -0.15) is 0 Å². The molecule has 0 aromatic heterocycles. The van der Waals surface area contributed by atoms with E-state index in [9.17, 15) is 9.59 Å². The van der Waals surface area contributed by atoms with Crippen molar-refractivity contribution in [3.63, 3.8) is 0 Å². The van der Waals surface area contributed by atoms with Gasteiger partial charge in [-0.1, -0.05) is 12.1 Å². The Balaban J connectivity index is 0.00000144. The fourth-order valence-corrected chi connectivity index (χ4v) is 0.856. The minimum atomic E-state index is -1.23. The summed E-state index contributed by atoms with van der Waals surface area (Å²) in [5, 5.41) is 17.1. The maximum Gasteiger partial charge on any atom is 1.00 e. The van der Waals surface area contributed by atoms with E-state index in [4.69, 9.17) is 10.2 Å². The van der Waals surface area contributed by atoms with Gasteiger partial charge in [0, 0.05) is 0 Å². The Morgan fingerprint density at radius 3 is 1.46 bits per heavy atom. The molecule has 0 amide bonds. The molecule has 2 N–H and O–H groups in total. The molecule has 0 fully saturated rings. The normalized spacial score (nSPS) is 8.62. The second-order valence-corrected chi connectivity index (χ2v) is 2.16. The third-order valence-corrected chi connectivity index (χ3v) is 1.39. The number of carboxylic acid groups (broad SMARTS) is 2. The van der Waals surface area contributed by atoms with Gasteiger partial charge >= 0.3 is 41.5 Å². The van der Waals surface area contributed by atoms with Crippen molar-refractivity contribution in [1.82, 2.24) is 0 Å². The zero-order valence-electron chi connectivity index (χ0n) is 7.02. The Labute approximate surface area is 96.5 Å². The molecule has 5 heteroatoms.